The molecule has 0 spiro atoms. The van der Waals surface area contributed by atoms with E-state index in [-0.39, 0.29) is 11.3 Å². The van der Waals surface area contributed by atoms with E-state index in [0.29, 0.717) is 18.0 Å². The Hall–Kier alpha value is -0.570. The molecule has 86 valence electrons. The lowest BCUT2D eigenvalue weighted by Crippen LogP contribution is -2.56. The highest BCUT2D eigenvalue weighted by Gasteiger charge is 2.52. The molecule has 1 amide bonds. The molecule has 0 radical (unpaired) electrons. The fourth-order valence-electron chi connectivity index (χ4n) is 2.42. The first kappa shape index (κ1) is 10.9. The molecule has 0 aromatic heterocycles. The molecule has 3 atom stereocenters. The smallest absolute Gasteiger partial charge is 0.226 e. The first-order valence-corrected chi connectivity index (χ1v) is 5.95. The molecule has 0 aromatic rings. The van der Waals surface area contributed by atoms with Crippen molar-refractivity contribution in [3.63, 3.8) is 0 Å². The quantitative estimate of drug-likeness (QED) is 0.706. The van der Waals surface area contributed by atoms with Gasteiger partial charge in [-0.25, -0.2) is 0 Å². The summed E-state index contributed by atoms with van der Waals surface area (Å²) in [6, 6.07) is 0.789. The Morgan fingerprint density at radius 3 is 2.53 bits per heavy atom. The number of piperazine rings is 1. The monoisotopic (exact) mass is 210 g/mol. The van der Waals surface area contributed by atoms with Crippen molar-refractivity contribution in [2.45, 2.75) is 46.2 Å². The van der Waals surface area contributed by atoms with Crippen LogP contribution in [0.2, 0.25) is 0 Å². The molecule has 1 aliphatic carbocycles. The fraction of sp³-hybridized carbons (Fsp3) is 0.917. The first-order chi connectivity index (χ1) is 6.92. The Morgan fingerprint density at radius 1 is 1.40 bits per heavy atom. The maximum absolute atomic E-state index is 12.2. The van der Waals surface area contributed by atoms with Crippen LogP contribution in [0.1, 0.15) is 34.1 Å². The summed E-state index contributed by atoms with van der Waals surface area (Å²) in [5, 5.41) is 3.40. The van der Waals surface area contributed by atoms with Gasteiger partial charge in [0, 0.05) is 31.1 Å². The molecule has 1 aliphatic heterocycles. The highest BCUT2D eigenvalue weighted by atomic mass is 16.2. The molecule has 3 heteroatoms. The van der Waals surface area contributed by atoms with Crippen LogP contribution in [0, 0.1) is 11.3 Å². The summed E-state index contributed by atoms with van der Waals surface area (Å²) in [5.41, 5.74) is 0.255. The standard InChI is InChI=1S/C12H22N2O/c1-8-7-14(9(2)6-13-8)11(15)10-5-12(10,3)4/h8-10,13H,5-7H2,1-4H3/t8?,9?,10-/m1/s1. The zero-order valence-electron chi connectivity index (χ0n) is 10.2. The zero-order chi connectivity index (χ0) is 11.2. The molecule has 2 rings (SSSR count). The van der Waals surface area contributed by atoms with Gasteiger partial charge in [-0.15, -0.1) is 0 Å². The van der Waals surface area contributed by atoms with E-state index < -0.39 is 0 Å². The van der Waals surface area contributed by atoms with Crippen LogP contribution in [0.5, 0.6) is 0 Å². The van der Waals surface area contributed by atoms with Crippen LogP contribution in [-0.4, -0.2) is 36.0 Å². The average Bonchev–Trinajstić information content (AvgIpc) is 2.78. The van der Waals surface area contributed by atoms with Crippen LogP contribution in [0.25, 0.3) is 0 Å². The predicted molar refractivity (Wildman–Crippen MR) is 60.5 cm³/mol. The van der Waals surface area contributed by atoms with Crippen LogP contribution < -0.4 is 5.32 Å². The van der Waals surface area contributed by atoms with Crippen molar-refractivity contribution in [2.75, 3.05) is 13.1 Å². The molecule has 1 saturated heterocycles. The van der Waals surface area contributed by atoms with Crippen molar-refractivity contribution in [3.05, 3.63) is 0 Å². The first-order valence-electron chi connectivity index (χ1n) is 5.95. The summed E-state index contributed by atoms with van der Waals surface area (Å²) in [4.78, 5) is 14.3. The molecule has 2 fully saturated rings. The summed E-state index contributed by atoms with van der Waals surface area (Å²) < 4.78 is 0. The van der Waals surface area contributed by atoms with Gasteiger partial charge < -0.3 is 10.2 Å². The van der Waals surface area contributed by atoms with Crippen molar-refractivity contribution >= 4 is 5.91 Å². The Labute approximate surface area is 92.2 Å². The number of hydrogen-bond donors (Lipinski definition) is 1. The Balaban J connectivity index is 2.00. The van der Waals surface area contributed by atoms with Crippen LogP contribution in [0.3, 0.4) is 0 Å². The normalized spacial score (nSPS) is 38.9. The highest BCUT2D eigenvalue weighted by molar-refractivity contribution is 5.83. The molecule has 2 unspecified atom stereocenters. The van der Waals surface area contributed by atoms with Gasteiger partial charge in [0.25, 0.3) is 0 Å². The Morgan fingerprint density at radius 2 is 2.00 bits per heavy atom. The molecule has 15 heavy (non-hydrogen) atoms. The van der Waals surface area contributed by atoms with Crippen molar-refractivity contribution in [1.29, 1.82) is 0 Å². The van der Waals surface area contributed by atoms with Gasteiger partial charge in [-0.3, -0.25) is 4.79 Å². The van der Waals surface area contributed by atoms with Gasteiger partial charge in [-0.05, 0) is 25.7 Å². The van der Waals surface area contributed by atoms with Crippen molar-refractivity contribution < 1.29 is 4.79 Å². The minimum atomic E-state index is 0.255. The summed E-state index contributed by atoms with van der Waals surface area (Å²) in [5.74, 6) is 0.658. The SMILES string of the molecule is CC1CN(C(=O)[C@H]2CC2(C)C)C(C)CN1. The highest BCUT2D eigenvalue weighted by Crippen LogP contribution is 2.52. The van der Waals surface area contributed by atoms with Crippen LogP contribution in [0.4, 0.5) is 0 Å². The van der Waals surface area contributed by atoms with Gasteiger partial charge >= 0.3 is 0 Å². The van der Waals surface area contributed by atoms with Gasteiger partial charge in [0.1, 0.15) is 0 Å². The number of carbonyl (C=O) groups is 1. The Bertz CT molecular complexity index is 275. The summed E-state index contributed by atoms with van der Waals surface area (Å²) >= 11 is 0. The second-order valence-electron chi connectivity index (χ2n) is 5.89. The lowest BCUT2D eigenvalue weighted by Gasteiger charge is -2.38. The molecule has 2 aliphatic rings. The van der Waals surface area contributed by atoms with Crippen molar-refractivity contribution in [3.8, 4) is 0 Å². The van der Waals surface area contributed by atoms with E-state index in [0.717, 1.165) is 19.5 Å². The Kier molecular flexibility index (Phi) is 2.53. The average molecular weight is 210 g/mol. The van der Waals surface area contributed by atoms with Crippen molar-refractivity contribution in [1.82, 2.24) is 10.2 Å². The van der Waals surface area contributed by atoms with E-state index in [4.69, 9.17) is 0 Å². The number of rotatable bonds is 1. The van der Waals surface area contributed by atoms with Gasteiger partial charge in [0.15, 0.2) is 0 Å². The lowest BCUT2D eigenvalue weighted by atomic mass is 10.1. The molecule has 3 nitrogen and oxygen atoms in total. The third kappa shape index (κ3) is 2.03. The summed E-state index contributed by atoms with van der Waals surface area (Å²) in [6.07, 6.45) is 1.07. The minimum Gasteiger partial charge on any atom is -0.337 e. The number of nitrogens with one attached hydrogen (secondary N) is 1. The molecular formula is C12H22N2O. The molecule has 0 aromatic carbocycles. The maximum atomic E-state index is 12.2. The summed E-state index contributed by atoms with van der Waals surface area (Å²) in [7, 11) is 0. The molecule has 1 saturated carbocycles. The second-order valence-corrected chi connectivity index (χ2v) is 5.89. The summed E-state index contributed by atoms with van der Waals surface area (Å²) in [6.45, 7) is 10.4. The van der Waals surface area contributed by atoms with E-state index in [9.17, 15) is 4.79 Å². The van der Waals surface area contributed by atoms with Gasteiger partial charge in [0.2, 0.25) is 5.91 Å². The van der Waals surface area contributed by atoms with Gasteiger partial charge in [-0.1, -0.05) is 13.8 Å². The third-order valence-corrected chi connectivity index (χ3v) is 3.86. The van der Waals surface area contributed by atoms with Crippen LogP contribution >= 0.6 is 0 Å². The number of hydrogen-bond acceptors (Lipinski definition) is 2. The van der Waals surface area contributed by atoms with E-state index in [1.165, 1.54) is 0 Å². The molecule has 0 bridgehead atoms. The van der Waals surface area contributed by atoms with E-state index in [1.54, 1.807) is 0 Å². The molecule has 1 heterocycles. The second kappa shape index (κ2) is 3.48. The van der Waals surface area contributed by atoms with E-state index >= 15 is 0 Å². The number of carbonyl (C=O) groups excluding carboxylic acids is 1. The number of nitrogens with zero attached hydrogens (tertiary/aromatic N) is 1. The fourth-order valence-corrected chi connectivity index (χ4v) is 2.42. The topological polar surface area (TPSA) is 32.3 Å². The van der Waals surface area contributed by atoms with Crippen molar-refractivity contribution in [2.24, 2.45) is 11.3 Å². The zero-order valence-corrected chi connectivity index (χ0v) is 10.2. The van der Waals surface area contributed by atoms with Crippen LogP contribution in [0.15, 0.2) is 0 Å². The van der Waals surface area contributed by atoms with Gasteiger partial charge in [0.05, 0.1) is 0 Å². The molecule has 1 N–H and O–H groups in total. The largest absolute Gasteiger partial charge is 0.337 e. The minimum absolute atomic E-state index is 0.255. The van der Waals surface area contributed by atoms with E-state index in [1.807, 2.05) is 0 Å². The third-order valence-electron chi connectivity index (χ3n) is 3.86. The lowest BCUT2D eigenvalue weighted by molar-refractivity contribution is -0.136. The van der Waals surface area contributed by atoms with Crippen LogP contribution in [-0.2, 0) is 4.79 Å². The maximum Gasteiger partial charge on any atom is 0.226 e. The van der Waals surface area contributed by atoms with E-state index in [2.05, 4.69) is 37.9 Å². The van der Waals surface area contributed by atoms with Gasteiger partial charge in [-0.2, -0.15) is 0 Å². The predicted octanol–water partition coefficient (Wildman–Crippen LogP) is 1.24. The number of amides is 1. The molecular weight excluding hydrogens is 188 g/mol.